The number of para-hydroxylation sites is 1. The highest BCUT2D eigenvalue weighted by Gasteiger charge is 2.40. The Morgan fingerprint density at radius 2 is 1.56 bits per heavy atom. The highest BCUT2D eigenvalue weighted by Crippen LogP contribution is 2.46. The minimum atomic E-state index is -0.283. The SMILES string of the molecule is Cc1ccc(-c2[nH]c3ccccc3c2C2c3ccccc3C(=O)N2Cc2ccc(F)cc2)cc1. The van der Waals surface area contributed by atoms with Crippen LogP contribution in [0, 0.1) is 12.7 Å². The van der Waals surface area contributed by atoms with E-state index in [0.717, 1.165) is 44.4 Å². The van der Waals surface area contributed by atoms with Crippen LogP contribution in [-0.2, 0) is 6.54 Å². The number of nitrogens with one attached hydrogen (secondary N) is 1. The quantitative estimate of drug-likeness (QED) is 0.316. The third kappa shape index (κ3) is 3.30. The van der Waals surface area contributed by atoms with Gasteiger partial charge in [-0.25, -0.2) is 4.39 Å². The van der Waals surface area contributed by atoms with Gasteiger partial charge in [0, 0.05) is 28.6 Å². The molecule has 1 amide bonds. The van der Waals surface area contributed by atoms with E-state index in [-0.39, 0.29) is 17.8 Å². The Kier molecular flexibility index (Phi) is 4.80. The summed E-state index contributed by atoms with van der Waals surface area (Å²) in [4.78, 5) is 19.2. The molecular weight excluding hydrogens is 423 g/mol. The van der Waals surface area contributed by atoms with E-state index < -0.39 is 0 Å². The van der Waals surface area contributed by atoms with Crippen molar-refractivity contribution in [3.8, 4) is 11.3 Å². The van der Waals surface area contributed by atoms with Gasteiger partial charge in [0.2, 0.25) is 0 Å². The minimum Gasteiger partial charge on any atom is -0.354 e. The first-order valence-electron chi connectivity index (χ1n) is 11.4. The second kappa shape index (κ2) is 7.99. The number of amides is 1. The van der Waals surface area contributed by atoms with Crippen LogP contribution < -0.4 is 0 Å². The lowest BCUT2D eigenvalue weighted by Gasteiger charge is -2.27. The number of hydrogen-bond acceptors (Lipinski definition) is 1. The lowest BCUT2D eigenvalue weighted by molar-refractivity contribution is 0.0737. The van der Waals surface area contributed by atoms with Gasteiger partial charge in [0.05, 0.1) is 11.7 Å². The zero-order valence-corrected chi connectivity index (χ0v) is 18.8. The van der Waals surface area contributed by atoms with Gasteiger partial charge in [0.15, 0.2) is 0 Å². The summed E-state index contributed by atoms with van der Waals surface area (Å²) in [5, 5.41) is 1.09. The van der Waals surface area contributed by atoms with E-state index in [1.54, 1.807) is 12.1 Å². The second-order valence-corrected chi connectivity index (χ2v) is 8.87. The number of fused-ring (bicyclic) bond motifs is 2. The maximum Gasteiger partial charge on any atom is 0.255 e. The molecule has 4 aromatic carbocycles. The third-order valence-corrected chi connectivity index (χ3v) is 6.68. The average molecular weight is 447 g/mol. The molecule has 0 saturated carbocycles. The minimum absolute atomic E-state index is 0.00920. The molecule has 6 rings (SSSR count). The number of aryl methyl sites for hydroxylation is 1. The molecule has 5 aromatic rings. The van der Waals surface area contributed by atoms with Crippen molar-refractivity contribution in [1.82, 2.24) is 9.88 Å². The van der Waals surface area contributed by atoms with Gasteiger partial charge in [-0.3, -0.25) is 4.79 Å². The Balaban J connectivity index is 1.58. The molecule has 0 saturated heterocycles. The molecule has 1 N–H and O–H groups in total. The third-order valence-electron chi connectivity index (χ3n) is 6.68. The van der Waals surface area contributed by atoms with Crippen LogP contribution in [0.25, 0.3) is 22.2 Å². The lowest BCUT2D eigenvalue weighted by Crippen LogP contribution is -2.28. The number of rotatable bonds is 4. The smallest absolute Gasteiger partial charge is 0.255 e. The highest BCUT2D eigenvalue weighted by atomic mass is 19.1. The van der Waals surface area contributed by atoms with E-state index in [1.807, 2.05) is 41.3 Å². The number of carbonyl (C=O) groups excluding carboxylic acids is 1. The van der Waals surface area contributed by atoms with Gasteiger partial charge in [-0.15, -0.1) is 0 Å². The van der Waals surface area contributed by atoms with Crippen molar-refractivity contribution in [3.63, 3.8) is 0 Å². The molecule has 3 nitrogen and oxygen atoms in total. The summed E-state index contributed by atoms with van der Waals surface area (Å²) in [5.74, 6) is -0.292. The summed E-state index contributed by atoms with van der Waals surface area (Å²) >= 11 is 0. The Labute approximate surface area is 197 Å². The van der Waals surface area contributed by atoms with E-state index in [1.165, 1.54) is 17.7 Å². The molecule has 1 aliphatic heterocycles. The molecule has 4 heteroatoms. The zero-order chi connectivity index (χ0) is 23.2. The van der Waals surface area contributed by atoms with Crippen molar-refractivity contribution < 1.29 is 9.18 Å². The Morgan fingerprint density at radius 1 is 0.853 bits per heavy atom. The number of carbonyl (C=O) groups is 1. The van der Waals surface area contributed by atoms with Gasteiger partial charge in [0.1, 0.15) is 5.82 Å². The molecule has 0 radical (unpaired) electrons. The number of nitrogens with zero attached hydrogens (tertiary/aromatic N) is 1. The maximum absolute atomic E-state index is 13.6. The first kappa shape index (κ1) is 20.4. The highest BCUT2D eigenvalue weighted by molar-refractivity contribution is 6.02. The second-order valence-electron chi connectivity index (χ2n) is 8.87. The fourth-order valence-electron chi connectivity index (χ4n) is 5.03. The molecule has 1 atom stereocenters. The number of halogens is 1. The predicted molar refractivity (Wildman–Crippen MR) is 133 cm³/mol. The topological polar surface area (TPSA) is 36.1 Å². The Morgan fingerprint density at radius 3 is 2.35 bits per heavy atom. The number of benzene rings is 4. The Bertz CT molecular complexity index is 1520. The molecule has 0 fully saturated rings. The summed E-state index contributed by atoms with van der Waals surface area (Å²) in [6.07, 6.45) is 0. The van der Waals surface area contributed by atoms with Crippen LogP contribution in [0.15, 0.2) is 97.1 Å². The molecule has 1 aromatic heterocycles. The molecule has 0 aliphatic carbocycles. The van der Waals surface area contributed by atoms with Crippen LogP contribution in [0.2, 0.25) is 0 Å². The van der Waals surface area contributed by atoms with Crippen molar-refractivity contribution in [3.05, 3.63) is 131 Å². The standard InChI is InChI=1S/C30H23FN2O/c1-19-10-14-21(15-11-19)28-27(25-8-4-5-9-26(25)32-28)29-23-6-2-3-7-24(23)30(34)33(29)18-20-12-16-22(31)17-13-20/h2-17,29,32H,18H2,1H3. The first-order chi connectivity index (χ1) is 16.6. The lowest BCUT2D eigenvalue weighted by atomic mass is 9.93. The predicted octanol–water partition coefficient (Wildman–Crippen LogP) is 7.03. The summed E-state index contributed by atoms with van der Waals surface area (Å²) in [7, 11) is 0. The van der Waals surface area contributed by atoms with E-state index in [9.17, 15) is 9.18 Å². The molecular formula is C30H23FN2O. The van der Waals surface area contributed by atoms with Crippen molar-refractivity contribution in [2.75, 3.05) is 0 Å². The van der Waals surface area contributed by atoms with Crippen molar-refractivity contribution >= 4 is 16.8 Å². The van der Waals surface area contributed by atoms with Crippen LogP contribution in [0.1, 0.15) is 38.7 Å². The van der Waals surface area contributed by atoms with Crippen LogP contribution in [0.5, 0.6) is 0 Å². The van der Waals surface area contributed by atoms with Gasteiger partial charge < -0.3 is 9.88 Å². The van der Waals surface area contributed by atoms with Crippen LogP contribution in [0.4, 0.5) is 4.39 Å². The van der Waals surface area contributed by atoms with Crippen LogP contribution >= 0.6 is 0 Å². The van der Waals surface area contributed by atoms with E-state index >= 15 is 0 Å². The first-order valence-corrected chi connectivity index (χ1v) is 11.4. The maximum atomic E-state index is 13.6. The normalized spacial score (nSPS) is 15.2. The van der Waals surface area contributed by atoms with Crippen molar-refractivity contribution in [2.45, 2.75) is 19.5 Å². The van der Waals surface area contributed by atoms with Gasteiger partial charge in [-0.1, -0.05) is 78.4 Å². The molecule has 2 heterocycles. The van der Waals surface area contributed by atoms with Crippen molar-refractivity contribution in [1.29, 1.82) is 0 Å². The van der Waals surface area contributed by atoms with Gasteiger partial charge in [-0.05, 0) is 47.9 Å². The number of hydrogen-bond donors (Lipinski definition) is 1. The number of H-pyrrole nitrogens is 1. The molecule has 34 heavy (non-hydrogen) atoms. The van der Waals surface area contributed by atoms with Gasteiger partial charge >= 0.3 is 0 Å². The number of aromatic nitrogens is 1. The average Bonchev–Trinajstić information content (AvgIpc) is 3.36. The van der Waals surface area contributed by atoms with Crippen molar-refractivity contribution in [2.24, 2.45) is 0 Å². The van der Waals surface area contributed by atoms with Crippen LogP contribution in [-0.4, -0.2) is 15.8 Å². The Hall–Kier alpha value is -4.18. The van der Waals surface area contributed by atoms with Gasteiger partial charge in [-0.2, -0.15) is 0 Å². The number of aromatic amines is 1. The molecule has 166 valence electrons. The molecule has 1 unspecified atom stereocenters. The molecule has 1 aliphatic rings. The van der Waals surface area contributed by atoms with Gasteiger partial charge in [0.25, 0.3) is 5.91 Å². The fourth-order valence-corrected chi connectivity index (χ4v) is 5.03. The summed E-state index contributed by atoms with van der Waals surface area (Å²) in [6.45, 7) is 2.47. The van der Waals surface area contributed by atoms with E-state index in [2.05, 4.69) is 48.3 Å². The summed E-state index contributed by atoms with van der Waals surface area (Å²) in [6, 6.07) is 30.7. The fraction of sp³-hybridized carbons (Fsp3) is 0.100. The molecule has 0 bridgehead atoms. The van der Waals surface area contributed by atoms with Crippen LogP contribution in [0.3, 0.4) is 0 Å². The van der Waals surface area contributed by atoms with E-state index in [4.69, 9.17) is 0 Å². The monoisotopic (exact) mass is 446 g/mol. The zero-order valence-electron chi connectivity index (χ0n) is 18.8. The molecule has 0 spiro atoms. The largest absolute Gasteiger partial charge is 0.354 e. The summed E-state index contributed by atoms with van der Waals surface area (Å²) < 4.78 is 13.6. The van der Waals surface area contributed by atoms with E-state index in [0.29, 0.717) is 6.54 Å². The summed E-state index contributed by atoms with van der Waals surface area (Å²) in [5.41, 5.74) is 8.01.